The van der Waals surface area contributed by atoms with Gasteiger partial charge in [-0.1, -0.05) is 6.92 Å². The topological polar surface area (TPSA) is 80.0 Å². The van der Waals surface area contributed by atoms with Crippen LogP contribution in [0.5, 0.6) is 0 Å². The highest BCUT2D eigenvalue weighted by molar-refractivity contribution is 7.80. The predicted octanol–water partition coefficient (Wildman–Crippen LogP) is -0.157. The lowest BCUT2D eigenvalue weighted by Gasteiger charge is -2.10. The Hall–Kier alpha value is -0.910. The molecule has 0 rings (SSSR count). The van der Waals surface area contributed by atoms with Gasteiger partial charge >= 0.3 is 0 Å². The van der Waals surface area contributed by atoms with E-state index in [9.17, 15) is 0 Å². The molecule has 13 heavy (non-hydrogen) atoms. The number of aliphatic imine (C=N–C) groups is 2. The summed E-state index contributed by atoms with van der Waals surface area (Å²) >= 11 is 4.15. The maximum Gasteiger partial charge on any atom is 0.219 e. The summed E-state index contributed by atoms with van der Waals surface area (Å²) < 4.78 is 0. The Kier molecular flexibility index (Phi) is 5.29. The van der Waals surface area contributed by atoms with Crippen LogP contribution in [-0.2, 0) is 0 Å². The fourth-order valence-corrected chi connectivity index (χ4v) is 0.609. The Balaban J connectivity index is 4.35. The van der Waals surface area contributed by atoms with Crippen molar-refractivity contribution in [2.24, 2.45) is 21.5 Å². The van der Waals surface area contributed by atoms with Crippen LogP contribution in [0.15, 0.2) is 9.98 Å². The molecule has 0 heterocycles. The van der Waals surface area contributed by atoms with Gasteiger partial charge in [-0.05, 0) is 6.42 Å². The largest absolute Gasteiger partial charge is 0.369 e. The zero-order chi connectivity index (χ0) is 10.4. The van der Waals surface area contributed by atoms with E-state index < -0.39 is 0 Å². The minimum absolute atomic E-state index is 0.112. The third-order valence-corrected chi connectivity index (χ3v) is 1.81. The first-order valence-electron chi connectivity index (χ1n) is 4.00. The van der Waals surface area contributed by atoms with Gasteiger partial charge in [0.15, 0.2) is 5.96 Å². The molecular formula is C7H17N5S. The minimum Gasteiger partial charge on any atom is -0.369 e. The van der Waals surface area contributed by atoms with Crippen LogP contribution in [0.25, 0.3) is 0 Å². The summed E-state index contributed by atoms with van der Waals surface area (Å²) in [7, 11) is 3.56. The van der Waals surface area contributed by atoms with Gasteiger partial charge < -0.3 is 16.4 Å². The van der Waals surface area contributed by atoms with Crippen molar-refractivity contribution in [2.75, 3.05) is 14.1 Å². The monoisotopic (exact) mass is 203 g/mol. The third-order valence-electron chi connectivity index (χ3n) is 1.33. The Labute approximate surface area is 84.3 Å². The predicted molar refractivity (Wildman–Crippen MR) is 60.0 cm³/mol. The number of nitrogens with two attached hydrogens (primary N) is 2. The van der Waals surface area contributed by atoms with Crippen LogP contribution in [0.2, 0.25) is 0 Å². The van der Waals surface area contributed by atoms with Gasteiger partial charge in [0, 0.05) is 14.1 Å². The van der Waals surface area contributed by atoms with Crippen molar-refractivity contribution in [1.82, 2.24) is 4.90 Å². The Morgan fingerprint density at radius 3 is 2.38 bits per heavy atom. The van der Waals surface area contributed by atoms with Crippen molar-refractivity contribution in [3.8, 4) is 0 Å². The molecule has 0 aliphatic carbocycles. The normalized spacial score (nSPS) is 15.7. The van der Waals surface area contributed by atoms with Crippen molar-refractivity contribution in [2.45, 2.75) is 18.7 Å². The first kappa shape index (κ1) is 12.1. The lowest BCUT2D eigenvalue weighted by atomic mass is 10.5. The van der Waals surface area contributed by atoms with Crippen LogP contribution in [0.4, 0.5) is 0 Å². The molecular weight excluding hydrogens is 186 g/mol. The quantitative estimate of drug-likeness (QED) is 0.331. The van der Waals surface area contributed by atoms with E-state index >= 15 is 0 Å². The van der Waals surface area contributed by atoms with Crippen LogP contribution in [0.1, 0.15) is 13.3 Å². The zero-order valence-corrected chi connectivity index (χ0v) is 9.12. The summed E-state index contributed by atoms with van der Waals surface area (Å²) in [5, 5.41) is -0.112. The number of nitrogens with zero attached hydrogens (tertiary/aromatic N) is 3. The number of hydrogen-bond acceptors (Lipinski definition) is 2. The van der Waals surface area contributed by atoms with E-state index in [4.69, 9.17) is 11.5 Å². The molecule has 0 saturated heterocycles. The molecule has 0 radical (unpaired) electrons. The molecule has 0 aromatic carbocycles. The SMILES string of the molecule is CCC(S)/N=C(N)/N=C(\N)N(C)C. The third kappa shape index (κ3) is 5.35. The van der Waals surface area contributed by atoms with Gasteiger partial charge in [0.2, 0.25) is 5.96 Å². The van der Waals surface area contributed by atoms with Gasteiger partial charge in [0.05, 0.1) is 5.37 Å². The lowest BCUT2D eigenvalue weighted by Crippen LogP contribution is -2.32. The molecule has 0 aromatic heterocycles. The highest BCUT2D eigenvalue weighted by atomic mass is 32.1. The maximum absolute atomic E-state index is 5.52. The van der Waals surface area contributed by atoms with Gasteiger partial charge in [-0.3, -0.25) is 0 Å². The van der Waals surface area contributed by atoms with Crippen LogP contribution in [0.3, 0.4) is 0 Å². The standard InChI is InChI=1S/C7H17N5S/c1-4-5(13)10-6(8)11-7(9)12(2)3/h5,13H,4H2,1-3H3,(H4,8,9,10,11). The van der Waals surface area contributed by atoms with Crippen LogP contribution < -0.4 is 11.5 Å². The second-order valence-corrected chi connectivity index (χ2v) is 3.34. The average Bonchev–Trinajstić information content (AvgIpc) is 2.03. The van der Waals surface area contributed by atoms with E-state index in [0.29, 0.717) is 5.96 Å². The van der Waals surface area contributed by atoms with Gasteiger partial charge in [-0.25, -0.2) is 4.99 Å². The first-order chi connectivity index (χ1) is 5.97. The molecule has 0 bridgehead atoms. The van der Waals surface area contributed by atoms with Crippen LogP contribution in [-0.4, -0.2) is 36.3 Å². The molecule has 0 spiro atoms. The highest BCUT2D eigenvalue weighted by Gasteiger charge is 1.99. The van der Waals surface area contributed by atoms with E-state index in [0.717, 1.165) is 6.42 Å². The van der Waals surface area contributed by atoms with Gasteiger partial charge in [0.25, 0.3) is 0 Å². The molecule has 5 nitrogen and oxygen atoms in total. The van der Waals surface area contributed by atoms with E-state index in [2.05, 4.69) is 22.6 Å². The summed E-state index contributed by atoms with van der Waals surface area (Å²) in [6, 6.07) is 0. The second-order valence-electron chi connectivity index (χ2n) is 2.74. The Morgan fingerprint density at radius 2 is 2.00 bits per heavy atom. The molecule has 0 aliphatic rings. The van der Waals surface area contributed by atoms with Crippen molar-refractivity contribution in [3.63, 3.8) is 0 Å². The molecule has 1 atom stereocenters. The zero-order valence-electron chi connectivity index (χ0n) is 8.23. The summed E-state index contributed by atoms with van der Waals surface area (Å²) in [5.41, 5.74) is 11.0. The molecule has 4 N–H and O–H groups in total. The van der Waals surface area contributed by atoms with Crippen molar-refractivity contribution in [3.05, 3.63) is 0 Å². The fourth-order valence-electron chi connectivity index (χ4n) is 0.490. The highest BCUT2D eigenvalue weighted by Crippen LogP contribution is 2.01. The molecule has 0 aliphatic heterocycles. The summed E-state index contributed by atoms with van der Waals surface area (Å²) in [4.78, 5) is 9.50. The van der Waals surface area contributed by atoms with Crippen LogP contribution >= 0.6 is 12.6 Å². The number of hydrogen-bond donors (Lipinski definition) is 3. The molecule has 0 saturated carbocycles. The van der Waals surface area contributed by atoms with Crippen molar-refractivity contribution < 1.29 is 0 Å². The number of thiol groups is 1. The number of rotatable bonds is 2. The Bertz CT molecular complexity index is 211. The Morgan fingerprint density at radius 1 is 1.46 bits per heavy atom. The molecule has 0 aromatic rings. The summed E-state index contributed by atoms with van der Waals surface area (Å²) in [6.45, 7) is 1.97. The van der Waals surface area contributed by atoms with E-state index in [1.165, 1.54) is 0 Å². The summed E-state index contributed by atoms with van der Waals surface area (Å²) in [5.74, 6) is 0.492. The lowest BCUT2D eigenvalue weighted by molar-refractivity contribution is 0.615. The molecule has 6 heteroatoms. The first-order valence-corrected chi connectivity index (χ1v) is 4.51. The second kappa shape index (κ2) is 5.69. The van der Waals surface area contributed by atoms with E-state index in [1.807, 2.05) is 6.92 Å². The fraction of sp³-hybridized carbons (Fsp3) is 0.714. The summed E-state index contributed by atoms with van der Waals surface area (Å²) in [6.07, 6.45) is 0.807. The average molecular weight is 203 g/mol. The molecule has 76 valence electrons. The molecule has 0 amide bonds. The maximum atomic E-state index is 5.52. The van der Waals surface area contributed by atoms with Crippen LogP contribution in [0, 0.1) is 0 Å². The smallest absolute Gasteiger partial charge is 0.219 e. The molecule has 1 unspecified atom stereocenters. The number of guanidine groups is 2. The van der Waals surface area contributed by atoms with Gasteiger partial charge in [0.1, 0.15) is 0 Å². The van der Waals surface area contributed by atoms with E-state index in [1.54, 1.807) is 19.0 Å². The van der Waals surface area contributed by atoms with Crippen molar-refractivity contribution >= 4 is 24.5 Å². The van der Waals surface area contributed by atoms with Gasteiger partial charge in [-0.2, -0.15) is 17.6 Å². The van der Waals surface area contributed by atoms with E-state index in [-0.39, 0.29) is 11.3 Å². The van der Waals surface area contributed by atoms with Gasteiger partial charge in [-0.15, -0.1) is 0 Å². The molecule has 0 fully saturated rings. The van der Waals surface area contributed by atoms with Crippen molar-refractivity contribution in [1.29, 1.82) is 0 Å². The minimum atomic E-state index is -0.112.